The number of nitrogens with one attached hydrogen (secondary N) is 1. The zero-order chi connectivity index (χ0) is 13.7. The number of nitrogens with zero attached hydrogens (tertiary/aromatic N) is 2. The first-order valence-corrected chi connectivity index (χ1v) is 6.67. The third kappa shape index (κ3) is 3.89. The van der Waals surface area contributed by atoms with Crippen LogP contribution in [0.4, 0.5) is 4.39 Å². The Morgan fingerprint density at radius 2 is 2.16 bits per heavy atom. The maximum atomic E-state index is 13.0. The Hall–Kier alpha value is -1.68. The van der Waals surface area contributed by atoms with Gasteiger partial charge in [0.25, 0.3) is 0 Å². The predicted molar refractivity (Wildman–Crippen MR) is 74.5 cm³/mol. The summed E-state index contributed by atoms with van der Waals surface area (Å²) in [7, 11) is 0. The predicted octanol–water partition coefficient (Wildman–Crippen LogP) is 2.88. The van der Waals surface area contributed by atoms with E-state index in [-0.39, 0.29) is 5.82 Å². The van der Waals surface area contributed by atoms with Gasteiger partial charge in [0.2, 0.25) is 0 Å². The van der Waals surface area contributed by atoms with Crippen LogP contribution < -0.4 is 5.32 Å². The van der Waals surface area contributed by atoms with Crippen LogP contribution in [0.3, 0.4) is 0 Å². The summed E-state index contributed by atoms with van der Waals surface area (Å²) in [4.78, 5) is 0. The van der Waals surface area contributed by atoms with Gasteiger partial charge < -0.3 is 5.32 Å². The standard InChI is InChI=1S/C15H20FN3/c1-3-7-17-10-15-6-8-19(18-15)11-13-4-5-14(16)9-12(13)2/h4-6,8-9,17H,3,7,10-11H2,1-2H3. The maximum absolute atomic E-state index is 13.0. The number of hydrogen-bond donors (Lipinski definition) is 1. The van der Waals surface area contributed by atoms with Crippen molar-refractivity contribution in [2.45, 2.75) is 33.4 Å². The molecular formula is C15H20FN3. The SMILES string of the molecule is CCCNCc1ccn(Cc2ccc(F)cc2C)n1. The highest BCUT2D eigenvalue weighted by Crippen LogP contribution is 2.11. The molecule has 4 heteroatoms. The maximum Gasteiger partial charge on any atom is 0.123 e. The van der Waals surface area contributed by atoms with Gasteiger partial charge in [-0.15, -0.1) is 0 Å². The smallest absolute Gasteiger partial charge is 0.123 e. The first kappa shape index (κ1) is 13.7. The van der Waals surface area contributed by atoms with E-state index in [9.17, 15) is 4.39 Å². The number of halogens is 1. The molecule has 0 amide bonds. The van der Waals surface area contributed by atoms with E-state index in [0.717, 1.165) is 36.3 Å². The van der Waals surface area contributed by atoms with Gasteiger partial charge in [-0.1, -0.05) is 13.0 Å². The normalized spacial score (nSPS) is 10.9. The van der Waals surface area contributed by atoms with Crippen molar-refractivity contribution < 1.29 is 4.39 Å². The summed E-state index contributed by atoms with van der Waals surface area (Å²) in [5.41, 5.74) is 3.09. The number of hydrogen-bond acceptors (Lipinski definition) is 2. The van der Waals surface area contributed by atoms with Gasteiger partial charge in [0.1, 0.15) is 5.82 Å². The fraction of sp³-hybridized carbons (Fsp3) is 0.400. The second-order valence-corrected chi connectivity index (χ2v) is 4.75. The summed E-state index contributed by atoms with van der Waals surface area (Å²) in [6.07, 6.45) is 3.08. The van der Waals surface area contributed by atoms with Crippen LogP contribution in [-0.2, 0) is 13.1 Å². The van der Waals surface area contributed by atoms with Crippen molar-refractivity contribution in [1.82, 2.24) is 15.1 Å². The molecule has 1 N–H and O–H groups in total. The zero-order valence-corrected chi connectivity index (χ0v) is 11.5. The Balaban J connectivity index is 1.99. The highest BCUT2D eigenvalue weighted by Gasteiger charge is 2.03. The lowest BCUT2D eigenvalue weighted by Gasteiger charge is -2.06. The fourth-order valence-electron chi connectivity index (χ4n) is 1.99. The van der Waals surface area contributed by atoms with E-state index >= 15 is 0 Å². The van der Waals surface area contributed by atoms with Gasteiger partial charge in [-0.25, -0.2) is 4.39 Å². The lowest BCUT2D eigenvalue weighted by Crippen LogP contribution is -2.14. The Morgan fingerprint density at radius 3 is 2.89 bits per heavy atom. The molecule has 19 heavy (non-hydrogen) atoms. The molecule has 2 rings (SSSR count). The average Bonchev–Trinajstić information content (AvgIpc) is 2.81. The van der Waals surface area contributed by atoms with E-state index in [1.165, 1.54) is 6.07 Å². The van der Waals surface area contributed by atoms with Crippen LogP contribution in [0.1, 0.15) is 30.2 Å². The van der Waals surface area contributed by atoms with Gasteiger partial charge in [0.05, 0.1) is 12.2 Å². The molecule has 0 aliphatic carbocycles. The van der Waals surface area contributed by atoms with E-state index in [2.05, 4.69) is 17.3 Å². The van der Waals surface area contributed by atoms with Crippen molar-refractivity contribution in [3.05, 3.63) is 53.1 Å². The van der Waals surface area contributed by atoms with Gasteiger partial charge in [-0.3, -0.25) is 4.68 Å². The molecule has 0 aliphatic rings. The molecule has 0 unspecified atom stereocenters. The minimum Gasteiger partial charge on any atom is -0.311 e. The van der Waals surface area contributed by atoms with Crippen LogP contribution in [0.25, 0.3) is 0 Å². The summed E-state index contributed by atoms with van der Waals surface area (Å²) < 4.78 is 14.9. The Morgan fingerprint density at radius 1 is 1.32 bits per heavy atom. The van der Waals surface area contributed by atoms with Crippen molar-refractivity contribution >= 4 is 0 Å². The molecule has 1 aromatic heterocycles. The van der Waals surface area contributed by atoms with E-state index in [4.69, 9.17) is 0 Å². The van der Waals surface area contributed by atoms with Crippen molar-refractivity contribution in [3.63, 3.8) is 0 Å². The van der Waals surface area contributed by atoms with Crippen LogP contribution in [-0.4, -0.2) is 16.3 Å². The number of aromatic nitrogens is 2. The second kappa shape index (κ2) is 6.48. The molecule has 3 nitrogen and oxygen atoms in total. The number of aryl methyl sites for hydroxylation is 1. The molecule has 0 saturated carbocycles. The van der Waals surface area contributed by atoms with Gasteiger partial charge in [-0.05, 0) is 49.2 Å². The zero-order valence-electron chi connectivity index (χ0n) is 11.5. The highest BCUT2D eigenvalue weighted by molar-refractivity contribution is 5.26. The molecule has 0 radical (unpaired) electrons. The molecule has 2 aromatic rings. The molecule has 0 saturated heterocycles. The minimum atomic E-state index is -0.189. The third-order valence-corrected chi connectivity index (χ3v) is 3.07. The van der Waals surface area contributed by atoms with Gasteiger partial charge in [0.15, 0.2) is 0 Å². The Labute approximate surface area is 113 Å². The molecule has 0 atom stereocenters. The van der Waals surface area contributed by atoms with Crippen molar-refractivity contribution in [2.75, 3.05) is 6.54 Å². The molecule has 1 aromatic carbocycles. The van der Waals surface area contributed by atoms with Crippen LogP contribution >= 0.6 is 0 Å². The summed E-state index contributed by atoms with van der Waals surface area (Å²) in [5, 5.41) is 7.82. The van der Waals surface area contributed by atoms with Gasteiger partial charge in [0, 0.05) is 12.7 Å². The van der Waals surface area contributed by atoms with Crippen molar-refractivity contribution in [3.8, 4) is 0 Å². The number of benzene rings is 1. The largest absolute Gasteiger partial charge is 0.311 e. The van der Waals surface area contributed by atoms with Crippen LogP contribution in [0.15, 0.2) is 30.5 Å². The molecule has 1 heterocycles. The van der Waals surface area contributed by atoms with Crippen LogP contribution in [0.5, 0.6) is 0 Å². The quantitative estimate of drug-likeness (QED) is 0.810. The molecule has 0 fully saturated rings. The summed E-state index contributed by atoms with van der Waals surface area (Å²) in [6.45, 7) is 6.54. The topological polar surface area (TPSA) is 29.9 Å². The van der Waals surface area contributed by atoms with Gasteiger partial charge >= 0.3 is 0 Å². The van der Waals surface area contributed by atoms with Crippen LogP contribution in [0, 0.1) is 12.7 Å². The second-order valence-electron chi connectivity index (χ2n) is 4.75. The molecule has 0 bridgehead atoms. The van der Waals surface area contributed by atoms with E-state index < -0.39 is 0 Å². The summed E-state index contributed by atoms with van der Waals surface area (Å²) in [6, 6.07) is 6.89. The first-order chi connectivity index (χ1) is 9.19. The molecule has 102 valence electrons. The average molecular weight is 261 g/mol. The highest BCUT2D eigenvalue weighted by atomic mass is 19.1. The van der Waals surface area contributed by atoms with Gasteiger partial charge in [-0.2, -0.15) is 5.10 Å². The monoisotopic (exact) mass is 261 g/mol. The van der Waals surface area contributed by atoms with Crippen molar-refractivity contribution in [1.29, 1.82) is 0 Å². The molecular weight excluding hydrogens is 241 g/mol. The summed E-state index contributed by atoms with van der Waals surface area (Å²) in [5.74, 6) is -0.189. The molecule has 0 spiro atoms. The third-order valence-electron chi connectivity index (χ3n) is 3.07. The minimum absolute atomic E-state index is 0.189. The van der Waals surface area contributed by atoms with Crippen LogP contribution in [0.2, 0.25) is 0 Å². The lowest BCUT2D eigenvalue weighted by molar-refractivity contribution is 0.616. The number of rotatable bonds is 6. The lowest BCUT2D eigenvalue weighted by atomic mass is 10.1. The van der Waals surface area contributed by atoms with E-state index in [1.54, 1.807) is 6.07 Å². The molecule has 0 aliphatic heterocycles. The Kier molecular flexibility index (Phi) is 4.68. The first-order valence-electron chi connectivity index (χ1n) is 6.67. The van der Waals surface area contributed by atoms with E-state index in [1.807, 2.05) is 29.9 Å². The van der Waals surface area contributed by atoms with E-state index in [0.29, 0.717) is 6.54 Å². The Bertz CT molecular complexity index is 534. The van der Waals surface area contributed by atoms with Crippen molar-refractivity contribution in [2.24, 2.45) is 0 Å². The summed E-state index contributed by atoms with van der Waals surface area (Å²) >= 11 is 0. The fourth-order valence-corrected chi connectivity index (χ4v) is 1.99.